The van der Waals surface area contributed by atoms with Crippen molar-refractivity contribution in [2.75, 3.05) is 17.3 Å². The third kappa shape index (κ3) is 5.29. The fourth-order valence-electron chi connectivity index (χ4n) is 5.75. The van der Waals surface area contributed by atoms with Gasteiger partial charge in [-0.3, -0.25) is 9.59 Å². The van der Waals surface area contributed by atoms with Gasteiger partial charge in [-0.15, -0.1) is 0 Å². The Labute approximate surface area is 285 Å². The highest BCUT2D eigenvalue weighted by Gasteiger charge is 2.29. The van der Waals surface area contributed by atoms with Gasteiger partial charge in [0.2, 0.25) is 0 Å². The first kappa shape index (κ1) is 29.9. The van der Waals surface area contributed by atoms with Crippen molar-refractivity contribution < 1.29 is 9.59 Å². The Morgan fingerprint density at radius 1 is 0.711 bits per heavy atom. The Bertz CT molecular complexity index is 2220. The molecule has 0 bridgehead atoms. The topological polar surface area (TPSA) is 75.2 Å². The number of ketones is 2. The quantitative estimate of drug-likeness (QED) is 0.166. The molecule has 2 aliphatic rings. The summed E-state index contributed by atoms with van der Waals surface area (Å²) in [6, 6.07) is 26.6. The van der Waals surface area contributed by atoms with E-state index in [1.807, 2.05) is 96.9 Å². The molecule has 45 heavy (non-hydrogen) atoms. The number of aromatic nitrogens is 2. The molecule has 0 radical (unpaired) electrons. The van der Waals surface area contributed by atoms with E-state index in [1.54, 1.807) is 0 Å². The van der Waals surface area contributed by atoms with Crippen LogP contribution in [0.25, 0.3) is 21.8 Å². The number of carbonyl (C=O) groups excluding carboxylic acids is 2. The van der Waals surface area contributed by atoms with Crippen molar-refractivity contribution >= 4 is 100 Å². The number of benzene rings is 4. The van der Waals surface area contributed by atoms with E-state index >= 15 is 0 Å². The summed E-state index contributed by atoms with van der Waals surface area (Å²) >= 11 is 20.0. The lowest BCUT2D eigenvalue weighted by molar-refractivity contribution is 0.103. The largest absolute Gasteiger partial charge is 0.365 e. The maximum absolute atomic E-state index is 13.1. The number of nitrogens with one attached hydrogen (secondary N) is 1. The monoisotopic (exact) mass is 758 g/mol. The van der Waals surface area contributed by atoms with Gasteiger partial charge in [-0.05, 0) is 47.5 Å². The number of rotatable bonds is 0. The van der Waals surface area contributed by atoms with Gasteiger partial charge in [0, 0.05) is 51.0 Å². The van der Waals surface area contributed by atoms with Crippen LogP contribution in [0.4, 0.5) is 11.6 Å². The molecule has 222 valence electrons. The summed E-state index contributed by atoms with van der Waals surface area (Å²) in [4.78, 5) is 37.2. The zero-order valence-electron chi connectivity index (χ0n) is 23.7. The minimum absolute atomic E-state index is 0.0701. The minimum Gasteiger partial charge on any atom is -0.365 e. The van der Waals surface area contributed by atoms with Gasteiger partial charge in [-0.25, -0.2) is 9.97 Å². The average Bonchev–Trinajstić information content (AvgIpc) is 3.24. The number of hydrogen-bond acceptors (Lipinski definition) is 6. The van der Waals surface area contributed by atoms with Crippen molar-refractivity contribution in [2.24, 2.45) is 0 Å². The highest BCUT2D eigenvalue weighted by atomic mass is 79.9. The Balaban J connectivity index is 0.000000145. The van der Waals surface area contributed by atoms with Gasteiger partial charge in [0.15, 0.2) is 11.6 Å². The van der Waals surface area contributed by atoms with Crippen LogP contribution >= 0.6 is 55.1 Å². The second kappa shape index (κ2) is 11.8. The van der Waals surface area contributed by atoms with E-state index in [0.717, 1.165) is 41.9 Å². The fourth-order valence-corrected chi connectivity index (χ4v) is 7.12. The van der Waals surface area contributed by atoms with Crippen LogP contribution < -0.4 is 10.2 Å². The average molecular weight is 761 g/mol. The molecule has 2 aliphatic heterocycles. The molecule has 1 N–H and O–H groups in total. The van der Waals surface area contributed by atoms with E-state index in [0.29, 0.717) is 57.0 Å². The maximum atomic E-state index is 13.1. The normalized spacial score (nSPS) is 13.5. The molecule has 4 heterocycles. The summed E-state index contributed by atoms with van der Waals surface area (Å²) in [5.74, 6) is 1.02. The molecule has 2 aromatic heterocycles. The zero-order valence-corrected chi connectivity index (χ0v) is 28.4. The Morgan fingerprint density at radius 3 is 1.91 bits per heavy atom. The number of hydrogen-bond donors (Lipinski definition) is 1. The molecule has 0 saturated carbocycles. The first-order chi connectivity index (χ1) is 21.7. The molecule has 0 amide bonds. The van der Waals surface area contributed by atoms with E-state index < -0.39 is 0 Å². The third-order valence-electron chi connectivity index (χ3n) is 7.94. The first-order valence-corrected chi connectivity index (χ1v) is 16.3. The third-order valence-corrected chi connectivity index (χ3v) is 9.71. The number of halogens is 4. The molecule has 0 saturated heterocycles. The molecule has 10 heteroatoms. The minimum atomic E-state index is -0.0880. The maximum Gasteiger partial charge on any atom is 0.198 e. The van der Waals surface area contributed by atoms with Crippen LogP contribution in [-0.4, -0.2) is 28.6 Å². The van der Waals surface area contributed by atoms with Crippen LogP contribution in [0, 0.1) is 0 Å². The number of fused-ring (bicyclic) bond motifs is 6. The fraction of sp³-hybridized carbons (Fsp3) is 0.0857. The highest BCUT2D eigenvalue weighted by Crippen LogP contribution is 2.39. The standard InChI is InChI=1S/C18H12BrClN2O.C17H10BrClN2O/c1-22-9-10-4-2-3-5-12(10)17(23)15-16(20)13-8-11(19)6-7-14(13)21-18(15)22;18-10-5-6-13-12(7-10)15(19)14-16(22)11-4-2-1-3-9(11)8-20-17(14)21-13/h2-8H,9H2,1H3;1-7H,8H2,(H,20,21). The molecule has 0 atom stereocenters. The van der Waals surface area contributed by atoms with E-state index in [2.05, 4.69) is 42.2 Å². The molecule has 0 aliphatic carbocycles. The Morgan fingerprint density at radius 2 is 1.24 bits per heavy atom. The molecule has 8 rings (SSSR count). The van der Waals surface area contributed by atoms with Crippen LogP contribution in [0.2, 0.25) is 10.0 Å². The molecule has 6 nitrogen and oxygen atoms in total. The molecule has 0 fully saturated rings. The summed E-state index contributed by atoms with van der Waals surface area (Å²) in [5, 5.41) is 5.68. The van der Waals surface area contributed by atoms with E-state index in [4.69, 9.17) is 28.2 Å². The number of anilines is 2. The molecular formula is C35H22Br2Cl2N4O2. The summed E-state index contributed by atoms with van der Waals surface area (Å²) in [7, 11) is 1.93. The molecular weight excluding hydrogens is 739 g/mol. The van der Waals surface area contributed by atoms with Gasteiger partial charge < -0.3 is 10.2 Å². The van der Waals surface area contributed by atoms with Crippen molar-refractivity contribution in [1.82, 2.24) is 9.97 Å². The zero-order chi connectivity index (χ0) is 31.4. The number of pyridine rings is 2. The second-order valence-electron chi connectivity index (χ2n) is 10.8. The predicted molar refractivity (Wildman–Crippen MR) is 188 cm³/mol. The van der Waals surface area contributed by atoms with Gasteiger partial charge in [0.25, 0.3) is 0 Å². The van der Waals surface area contributed by atoms with Crippen molar-refractivity contribution in [1.29, 1.82) is 0 Å². The molecule has 0 unspecified atom stereocenters. The van der Waals surface area contributed by atoms with Gasteiger partial charge >= 0.3 is 0 Å². The Hall–Kier alpha value is -3.82. The van der Waals surface area contributed by atoms with Gasteiger partial charge in [-0.1, -0.05) is 104 Å². The van der Waals surface area contributed by atoms with E-state index in [9.17, 15) is 9.59 Å². The summed E-state index contributed by atoms with van der Waals surface area (Å²) in [6.45, 7) is 1.18. The summed E-state index contributed by atoms with van der Waals surface area (Å²) in [6.07, 6.45) is 0. The highest BCUT2D eigenvalue weighted by molar-refractivity contribution is 9.10. The van der Waals surface area contributed by atoms with Crippen molar-refractivity contribution in [3.63, 3.8) is 0 Å². The summed E-state index contributed by atoms with van der Waals surface area (Å²) < 4.78 is 1.81. The van der Waals surface area contributed by atoms with Crippen LogP contribution in [0.15, 0.2) is 93.9 Å². The summed E-state index contributed by atoms with van der Waals surface area (Å²) in [5.41, 5.74) is 5.76. The number of carbonyl (C=O) groups is 2. The van der Waals surface area contributed by atoms with E-state index in [1.165, 1.54) is 0 Å². The van der Waals surface area contributed by atoms with Crippen molar-refractivity contribution in [3.05, 3.63) is 137 Å². The second-order valence-corrected chi connectivity index (χ2v) is 13.4. The predicted octanol–water partition coefficient (Wildman–Crippen LogP) is 9.64. The Kier molecular flexibility index (Phi) is 7.86. The van der Waals surface area contributed by atoms with Crippen LogP contribution in [0.5, 0.6) is 0 Å². The van der Waals surface area contributed by atoms with Crippen molar-refractivity contribution in [3.8, 4) is 0 Å². The smallest absolute Gasteiger partial charge is 0.198 e. The lowest BCUT2D eigenvalue weighted by atomic mass is 9.99. The van der Waals surface area contributed by atoms with Gasteiger partial charge in [-0.2, -0.15) is 0 Å². The molecule has 6 aromatic rings. The van der Waals surface area contributed by atoms with Crippen LogP contribution in [0.3, 0.4) is 0 Å². The van der Waals surface area contributed by atoms with E-state index in [-0.39, 0.29) is 11.6 Å². The van der Waals surface area contributed by atoms with Crippen LogP contribution in [0.1, 0.15) is 43.0 Å². The SMILES string of the molecule is CN1Cc2ccccc2C(=O)c2c1nc1ccc(Br)cc1c2Cl.O=C1c2ccccc2CNc2nc3ccc(Br)cc3c(Cl)c21. The lowest BCUT2D eigenvalue weighted by Gasteiger charge is -2.19. The van der Waals surface area contributed by atoms with Crippen molar-refractivity contribution in [2.45, 2.75) is 13.1 Å². The van der Waals surface area contributed by atoms with Crippen LogP contribution in [-0.2, 0) is 13.1 Å². The molecule has 4 aromatic carbocycles. The number of nitrogens with zero attached hydrogens (tertiary/aromatic N) is 3. The van der Waals surface area contributed by atoms with Gasteiger partial charge in [0.05, 0.1) is 32.2 Å². The molecule has 0 spiro atoms. The first-order valence-electron chi connectivity index (χ1n) is 14.0. The van der Waals surface area contributed by atoms with Gasteiger partial charge in [0.1, 0.15) is 11.6 Å². The lowest BCUT2D eigenvalue weighted by Crippen LogP contribution is -2.18.